The molecule has 1 heterocycles. The molecule has 0 amide bonds. The van der Waals surface area contributed by atoms with E-state index in [-0.39, 0.29) is 0 Å². The van der Waals surface area contributed by atoms with Crippen LogP contribution in [0.5, 0.6) is 5.75 Å². The highest BCUT2D eigenvalue weighted by atomic mass is 19.3. The smallest absolute Gasteiger partial charge is 0.258 e. The third kappa shape index (κ3) is 4.10. The van der Waals surface area contributed by atoms with Crippen LogP contribution in [0.3, 0.4) is 0 Å². The van der Waals surface area contributed by atoms with E-state index in [9.17, 15) is 8.78 Å². The Bertz CT molecular complexity index is 630. The highest BCUT2D eigenvalue weighted by molar-refractivity contribution is 5.37. The third-order valence-corrected chi connectivity index (χ3v) is 4.26. The molecule has 128 valence electrons. The zero-order chi connectivity index (χ0) is 16.8. The number of hydrogen-bond acceptors (Lipinski definition) is 3. The summed E-state index contributed by atoms with van der Waals surface area (Å²) >= 11 is 0. The number of nitrogens with zero attached hydrogens (tertiary/aromatic N) is 1. The van der Waals surface area contributed by atoms with Crippen LogP contribution in [-0.2, 0) is 6.61 Å². The van der Waals surface area contributed by atoms with E-state index in [1.54, 1.807) is 18.2 Å². The van der Waals surface area contributed by atoms with Gasteiger partial charge in [-0.3, -0.25) is 4.90 Å². The minimum absolute atomic E-state index is 0.370. The normalized spacial score (nSPS) is 17.0. The van der Waals surface area contributed by atoms with E-state index in [1.165, 1.54) is 0 Å². The maximum Gasteiger partial charge on any atom is 0.258 e. The number of rotatable bonds is 6. The zero-order valence-electron chi connectivity index (χ0n) is 13.5. The molecule has 5 heteroatoms. The molecule has 3 nitrogen and oxygen atoms in total. The summed E-state index contributed by atoms with van der Waals surface area (Å²) in [7, 11) is 0. The molecule has 2 aromatic rings. The molecule has 0 saturated carbocycles. The molecule has 1 aliphatic heterocycles. The van der Waals surface area contributed by atoms with Crippen LogP contribution >= 0.6 is 0 Å². The first kappa shape index (κ1) is 16.9. The number of nitrogens with one attached hydrogen (secondary N) is 1. The minimum Gasteiger partial charge on any atom is -0.489 e. The molecule has 1 saturated heterocycles. The first-order valence-electron chi connectivity index (χ1n) is 8.24. The fourth-order valence-electron chi connectivity index (χ4n) is 3.04. The molecule has 1 aliphatic rings. The molecule has 1 fully saturated rings. The molecule has 0 aliphatic carbocycles. The first-order valence-corrected chi connectivity index (χ1v) is 8.24. The molecule has 1 atom stereocenters. The van der Waals surface area contributed by atoms with Crippen molar-refractivity contribution in [3.63, 3.8) is 0 Å². The third-order valence-electron chi connectivity index (χ3n) is 4.26. The van der Waals surface area contributed by atoms with Gasteiger partial charge in [0.15, 0.2) is 0 Å². The number of halogens is 2. The van der Waals surface area contributed by atoms with Crippen LogP contribution in [0.4, 0.5) is 8.78 Å². The Morgan fingerprint density at radius 3 is 2.33 bits per heavy atom. The van der Waals surface area contributed by atoms with Gasteiger partial charge in [0.25, 0.3) is 6.43 Å². The number of ether oxygens (including phenoxy) is 1. The monoisotopic (exact) mass is 332 g/mol. The van der Waals surface area contributed by atoms with E-state index in [4.69, 9.17) is 4.74 Å². The second-order valence-electron chi connectivity index (χ2n) is 5.88. The Hall–Kier alpha value is -1.98. The molecular weight excluding hydrogens is 310 g/mol. The number of benzene rings is 2. The van der Waals surface area contributed by atoms with Crippen LogP contribution in [0, 0.1) is 0 Å². The van der Waals surface area contributed by atoms with Crippen LogP contribution in [0.15, 0.2) is 54.6 Å². The van der Waals surface area contributed by atoms with Crippen LogP contribution in [-0.4, -0.2) is 37.5 Å². The second kappa shape index (κ2) is 8.22. The van der Waals surface area contributed by atoms with Gasteiger partial charge < -0.3 is 10.1 Å². The first-order chi connectivity index (χ1) is 11.8. The van der Waals surface area contributed by atoms with Crippen molar-refractivity contribution in [2.24, 2.45) is 0 Å². The van der Waals surface area contributed by atoms with Crippen molar-refractivity contribution in [1.82, 2.24) is 10.2 Å². The highest BCUT2D eigenvalue weighted by Gasteiger charge is 2.32. The predicted molar refractivity (Wildman–Crippen MR) is 90.4 cm³/mol. The van der Waals surface area contributed by atoms with E-state index in [0.717, 1.165) is 18.7 Å². The maximum atomic E-state index is 13.8. The van der Waals surface area contributed by atoms with Crippen molar-refractivity contribution in [3.05, 3.63) is 65.7 Å². The molecule has 0 spiro atoms. The van der Waals surface area contributed by atoms with Crippen LogP contribution < -0.4 is 10.1 Å². The van der Waals surface area contributed by atoms with Crippen molar-refractivity contribution in [2.45, 2.75) is 19.1 Å². The fourth-order valence-corrected chi connectivity index (χ4v) is 3.04. The lowest BCUT2D eigenvalue weighted by atomic mass is 10.0. The van der Waals surface area contributed by atoms with Crippen LogP contribution in [0.2, 0.25) is 0 Å². The van der Waals surface area contributed by atoms with Crippen LogP contribution in [0.25, 0.3) is 0 Å². The average Bonchev–Trinajstić information content (AvgIpc) is 2.63. The molecular formula is C19H22F2N2O. The predicted octanol–water partition coefficient (Wildman–Crippen LogP) is 3.48. The van der Waals surface area contributed by atoms with E-state index >= 15 is 0 Å². The molecule has 2 aromatic carbocycles. The summed E-state index contributed by atoms with van der Waals surface area (Å²) in [5.74, 6) is 0.533. The van der Waals surface area contributed by atoms with E-state index in [1.807, 2.05) is 41.3 Å². The van der Waals surface area contributed by atoms with Gasteiger partial charge in [-0.1, -0.05) is 48.5 Å². The largest absolute Gasteiger partial charge is 0.489 e. The van der Waals surface area contributed by atoms with Crippen molar-refractivity contribution in [2.75, 3.05) is 26.2 Å². The van der Waals surface area contributed by atoms with E-state index < -0.39 is 12.5 Å². The number of alkyl halides is 2. The van der Waals surface area contributed by atoms with Gasteiger partial charge in [-0.25, -0.2) is 8.78 Å². The second-order valence-corrected chi connectivity index (χ2v) is 5.88. The topological polar surface area (TPSA) is 24.5 Å². The highest BCUT2D eigenvalue weighted by Crippen LogP contribution is 2.34. The Morgan fingerprint density at radius 2 is 1.62 bits per heavy atom. The molecule has 0 aromatic heterocycles. The van der Waals surface area contributed by atoms with Crippen LogP contribution in [0.1, 0.15) is 17.2 Å². The lowest BCUT2D eigenvalue weighted by Gasteiger charge is -2.35. The molecule has 1 N–H and O–H groups in total. The van der Waals surface area contributed by atoms with Crippen molar-refractivity contribution in [1.29, 1.82) is 0 Å². The summed E-state index contributed by atoms with van der Waals surface area (Å²) < 4.78 is 33.5. The Labute approximate surface area is 141 Å². The van der Waals surface area contributed by atoms with Gasteiger partial charge >= 0.3 is 0 Å². The minimum atomic E-state index is -2.45. The van der Waals surface area contributed by atoms with E-state index in [2.05, 4.69) is 5.32 Å². The molecule has 0 unspecified atom stereocenters. The summed E-state index contributed by atoms with van der Waals surface area (Å²) in [4.78, 5) is 1.84. The Balaban J connectivity index is 1.80. The van der Waals surface area contributed by atoms with Gasteiger partial charge in [-0.15, -0.1) is 0 Å². The molecule has 24 heavy (non-hydrogen) atoms. The standard InChI is InChI=1S/C19H22F2N2O/c20-19(21)18(23-12-10-22-11-13-23)16-8-4-5-9-17(16)24-14-15-6-2-1-3-7-15/h1-9,18-19,22H,10-14H2/t18-/m0/s1. The fraction of sp³-hybridized carbons (Fsp3) is 0.368. The quantitative estimate of drug-likeness (QED) is 0.876. The van der Waals surface area contributed by atoms with Gasteiger partial charge in [0, 0.05) is 31.7 Å². The summed E-state index contributed by atoms with van der Waals surface area (Å²) in [6.07, 6.45) is -2.45. The SMILES string of the molecule is FC(F)[C@H](c1ccccc1OCc1ccccc1)N1CCNCC1. The number of para-hydroxylation sites is 1. The Morgan fingerprint density at radius 1 is 0.958 bits per heavy atom. The summed E-state index contributed by atoms with van der Waals surface area (Å²) in [5.41, 5.74) is 1.58. The van der Waals surface area contributed by atoms with Crippen molar-refractivity contribution in [3.8, 4) is 5.75 Å². The zero-order valence-corrected chi connectivity index (χ0v) is 13.5. The number of piperazine rings is 1. The van der Waals surface area contributed by atoms with Gasteiger partial charge in [0.2, 0.25) is 0 Å². The summed E-state index contributed by atoms with van der Waals surface area (Å²) in [6, 6.07) is 15.9. The van der Waals surface area contributed by atoms with E-state index in [0.29, 0.717) is 31.0 Å². The Kier molecular flexibility index (Phi) is 5.77. The summed E-state index contributed by atoms with van der Waals surface area (Å²) in [6.45, 7) is 3.06. The van der Waals surface area contributed by atoms with Crippen molar-refractivity contribution < 1.29 is 13.5 Å². The molecule has 0 bridgehead atoms. The van der Waals surface area contributed by atoms with Gasteiger partial charge in [-0.2, -0.15) is 0 Å². The summed E-state index contributed by atoms with van der Waals surface area (Å²) in [5, 5.41) is 3.20. The van der Waals surface area contributed by atoms with Gasteiger partial charge in [-0.05, 0) is 11.6 Å². The number of hydrogen-bond donors (Lipinski definition) is 1. The lowest BCUT2D eigenvalue weighted by Crippen LogP contribution is -2.47. The lowest BCUT2D eigenvalue weighted by molar-refractivity contribution is 0.0166. The van der Waals surface area contributed by atoms with Gasteiger partial charge in [0.1, 0.15) is 12.4 Å². The van der Waals surface area contributed by atoms with Gasteiger partial charge in [0.05, 0.1) is 6.04 Å². The maximum absolute atomic E-state index is 13.8. The van der Waals surface area contributed by atoms with Crippen molar-refractivity contribution >= 4 is 0 Å². The molecule has 3 rings (SSSR count). The average molecular weight is 332 g/mol. The molecule has 0 radical (unpaired) electrons.